The fourth-order valence-corrected chi connectivity index (χ4v) is 3.73. The second kappa shape index (κ2) is 8.43. The minimum Gasteiger partial charge on any atom is -0.387 e. The van der Waals surface area contributed by atoms with Crippen molar-refractivity contribution in [3.63, 3.8) is 0 Å². The van der Waals surface area contributed by atoms with Crippen molar-refractivity contribution in [2.75, 3.05) is 26.2 Å². The highest BCUT2D eigenvalue weighted by Gasteiger charge is 2.30. The maximum Gasteiger partial charge on any atom is 0.242 e. The molecule has 136 valence electrons. The first-order valence-corrected chi connectivity index (χ1v) is 9.29. The highest BCUT2D eigenvalue weighted by Crippen LogP contribution is 2.29. The first-order valence-electron chi connectivity index (χ1n) is 9.29. The predicted octanol–water partition coefficient (Wildman–Crippen LogP) is 1.76. The van der Waals surface area contributed by atoms with Gasteiger partial charge in [0, 0.05) is 32.3 Å². The number of carbonyl (C=O) groups excluding carboxylic acids is 2. The van der Waals surface area contributed by atoms with Crippen LogP contribution in [0.2, 0.25) is 0 Å². The van der Waals surface area contributed by atoms with Gasteiger partial charge in [-0.1, -0.05) is 12.5 Å². The van der Waals surface area contributed by atoms with Crippen LogP contribution in [0, 0.1) is 5.92 Å². The number of rotatable bonds is 4. The molecule has 2 amide bonds. The standard InChI is InChI=1S/C19H27N3O3/c23-17-7-2-1-5-11-22(17)14-18(24)21-12-8-15(9-13-21)19(25)16-6-3-4-10-20-16/h3-4,6,10,15,19,25H,1-2,5,7-9,11-14H2/t19-/m0/s1. The normalized spacial score (nSPS) is 21.1. The van der Waals surface area contributed by atoms with Crippen LogP contribution in [0.3, 0.4) is 0 Å². The molecule has 6 nitrogen and oxygen atoms in total. The highest BCUT2D eigenvalue weighted by molar-refractivity contribution is 5.85. The summed E-state index contributed by atoms with van der Waals surface area (Å²) in [6.45, 7) is 2.16. The average Bonchev–Trinajstić information content (AvgIpc) is 2.86. The highest BCUT2D eigenvalue weighted by atomic mass is 16.3. The minimum atomic E-state index is -0.578. The number of aliphatic hydroxyl groups excluding tert-OH is 1. The summed E-state index contributed by atoms with van der Waals surface area (Å²) in [6, 6.07) is 5.55. The molecule has 0 radical (unpaired) electrons. The third-order valence-electron chi connectivity index (χ3n) is 5.33. The SMILES string of the molecule is O=C(CN1CCCCCC1=O)N1CCC([C@H](O)c2ccccn2)CC1. The van der Waals surface area contributed by atoms with Crippen molar-refractivity contribution in [3.05, 3.63) is 30.1 Å². The van der Waals surface area contributed by atoms with E-state index in [1.165, 1.54) is 0 Å². The van der Waals surface area contributed by atoms with Crippen LogP contribution < -0.4 is 0 Å². The van der Waals surface area contributed by atoms with Crippen molar-refractivity contribution < 1.29 is 14.7 Å². The van der Waals surface area contributed by atoms with Gasteiger partial charge in [-0.3, -0.25) is 14.6 Å². The molecule has 0 bridgehead atoms. The molecule has 2 aliphatic heterocycles. The summed E-state index contributed by atoms with van der Waals surface area (Å²) >= 11 is 0. The Morgan fingerprint density at radius 3 is 2.72 bits per heavy atom. The van der Waals surface area contributed by atoms with E-state index < -0.39 is 6.10 Å². The maximum absolute atomic E-state index is 12.5. The number of aliphatic hydroxyl groups is 1. The number of likely N-dealkylation sites (tertiary alicyclic amines) is 2. The van der Waals surface area contributed by atoms with Crippen molar-refractivity contribution in [1.82, 2.24) is 14.8 Å². The number of aromatic nitrogens is 1. The van der Waals surface area contributed by atoms with Gasteiger partial charge >= 0.3 is 0 Å². The Hall–Kier alpha value is -1.95. The number of hydrogen-bond donors (Lipinski definition) is 1. The summed E-state index contributed by atoms with van der Waals surface area (Å²) in [6.07, 6.45) is 6.17. The summed E-state index contributed by atoms with van der Waals surface area (Å²) < 4.78 is 0. The summed E-state index contributed by atoms with van der Waals surface area (Å²) in [5, 5.41) is 10.5. The third-order valence-corrected chi connectivity index (χ3v) is 5.33. The lowest BCUT2D eigenvalue weighted by molar-refractivity contribution is -0.141. The van der Waals surface area contributed by atoms with E-state index in [9.17, 15) is 14.7 Å². The first kappa shape index (κ1) is 17.9. The van der Waals surface area contributed by atoms with Gasteiger partial charge in [-0.2, -0.15) is 0 Å². The summed E-state index contributed by atoms with van der Waals surface area (Å²) in [7, 11) is 0. The van der Waals surface area contributed by atoms with Gasteiger partial charge in [-0.05, 0) is 43.7 Å². The lowest BCUT2D eigenvalue weighted by Crippen LogP contribution is -2.46. The Labute approximate surface area is 148 Å². The number of piperidine rings is 1. The molecule has 6 heteroatoms. The van der Waals surface area contributed by atoms with E-state index in [0.717, 1.165) is 32.1 Å². The van der Waals surface area contributed by atoms with E-state index in [-0.39, 0.29) is 24.3 Å². The number of amides is 2. The molecule has 3 rings (SSSR count). The van der Waals surface area contributed by atoms with Crippen LogP contribution in [0.15, 0.2) is 24.4 Å². The van der Waals surface area contributed by atoms with Crippen molar-refractivity contribution in [2.24, 2.45) is 5.92 Å². The minimum absolute atomic E-state index is 0.0287. The molecule has 0 spiro atoms. The molecule has 1 aromatic heterocycles. The molecule has 3 heterocycles. The molecule has 0 aliphatic carbocycles. The zero-order valence-electron chi connectivity index (χ0n) is 14.6. The van der Waals surface area contributed by atoms with E-state index in [1.54, 1.807) is 11.1 Å². The first-order chi connectivity index (χ1) is 12.1. The smallest absolute Gasteiger partial charge is 0.242 e. The Morgan fingerprint density at radius 2 is 2.00 bits per heavy atom. The zero-order valence-corrected chi connectivity index (χ0v) is 14.6. The number of nitrogens with zero attached hydrogens (tertiary/aromatic N) is 3. The molecule has 0 saturated carbocycles. The molecular weight excluding hydrogens is 318 g/mol. The molecule has 0 aromatic carbocycles. The van der Waals surface area contributed by atoms with Gasteiger partial charge in [-0.25, -0.2) is 0 Å². The van der Waals surface area contributed by atoms with Gasteiger partial charge < -0.3 is 14.9 Å². The Bertz CT molecular complexity index is 585. The third kappa shape index (κ3) is 4.57. The summed E-state index contributed by atoms with van der Waals surface area (Å²) in [5.41, 5.74) is 0.697. The van der Waals surface area contributed by atoms with Crippen LogP contribution in [0.25, 0.3) is 0 Å². The fraction of sp³-hybridized carbons (Fsp3) is 0.632. The second-order valence-electron chi connectivity index (χ2n) is 7.04. The zero-order chi connectivity index (χ0) is 17.6. The monoisotopic (exact) mass is 345 g/mol. The lowest BCUT2D eigenvalue weighted by Gasteiger charge is -2.35. The van der Waals surface area contributed by atoms with Crippen molar-refractivity contribution in [1.29, 1.82) is 0 Å². The van der Waals surface area contributed by atoms with E-state index in [4.69, 9.17) is 0 Å². The predicted molar refractivity (Wildman–Crippen MR) is 93.5 cm³/mol. The molecule has 1 aromatic rings. The molecule has 2 fully saturated rings. The van der Waals surface area contributed by atoms with Crippen molar-refractivity contribution >= 4 is 11.8 Å². The van der Waals surface area contributed by atoms with Crippen LogP contribution in [0.4, 0.5) is 0 Å². The second-order valence-corrected chi connectivity index (χ2v) is 7.04. The van der Waals surface area contributed by atoms with Gasteiger partial charge in [0.15, 0.2) is 0 Å². The topological polar surface area (TPSA) is 73.7 Å². The van der Waals surface area contributed by atoms with Crippen LogP contribution >= 0.6 is 0 Å². The van der Waals surface area contributed by atoms with E-state index in [2.05, 4.69) is 4.98 Å². The molecule has 1 N–H and O–H groups in total. The van der Waals surface area contributed by atoms with E-state index in [0.29, 0.717) is 31.7 Å². The number of carbonyl (C=O) groups is 2. The Kier molecular flexibility index (Phi) is 6.02. The quantitative estimate of drug-likeness (QED) is 0.902. The number of hydrogen-bond acceptors (Lipinski definition) is 4. The summed E-state index contributed by atoms with van der Waals surface area (Å²) in [4.78, 5) is 32.3. The van der Waals surface area contributed by atoms with Gasteiger partial charge in [0.05, 0.1) is 18.3 Å². The average molecular weight is 345 g/mol. The van der Waals surface area contributed by atoms with E-state index >= 15 is 0 Å². The van der Waals surface area contributed by atoms with Gasteiger partial charge in [-0.15, -0.1) is 0 Å². The largest absolute Gasteiger partial charge is 0.387 e. The fourth-order valence-electron chi connectivity index (χ4n) is 3.73. The van der Waals surface area contributed by atoms with Crippen molar-refractivity contribution in [3.8, 4) is 0 Å². The maximum atomic E-state index is 12.5. The lowest BCUT2D eigenvalue weighted by atomic mass is 9.89. The van der Waals surface area contributed by atoms with Crippen LogP contribution in [-0.4, -0.2) is 57.9 Å². The van der Waals surface area contributed by atoms with Gasteiger partial charge in [0.25, 0.3) is 0 Å². The summed E-state index contributed by atoms with van der Waals surface area (Å²) in [5.74, 6) is 0.256. The van der Waals surface area contributed by atoms with Crippen LogP contribution in [-0.2, 0) is 9.59 Å². The molecule has 25 heavy (non-hydrogen) atoms. The molecule has 2 saturated heterocycles. The van der Waals surface area contributed by atoms with Crippen LogP contribution in [0.5, 0.6) is 0 Å². The van der Waals surface area contributed by atoms with E-state index in [1.807, 2.05) is 23.1 Å². The number of pyridine rings is 1. The van der Waals surface area contributed by atoms with Gasteiger partial charge in [0.1, 0.15) is 0 Å². The molecule has 2 aliphatic rings. The molecular formula is C19H27N3O3. The molecule has 0 unspecified atom stereocenters. The Morgan fingerprint density at radius 1 is 1.20 bits per heavy atom. The van der Waals surface area contributed by atoms with Crippen molar-refractivity contribution in [2.45, 2.75) is 44.6 Å². The Balaban J connectivity index is 1.50. The van der Waals surface area contributed by atoms with Crippen LogP contribution in [0.1, 0.15) is 50.3 Å². The molecule has 1 atom stereocenters. The van der Waals surface area contributed by atoms with Gasteiger partial charge in [0.2, 0.25) is 11.8 Å².